The molecule has 0 aliphatic carbocycles. The Morgan fingerprint density at radius 3 is 2.90 bits per heavy atom. The summed E-state index contributed by atoms with van der Waals surface area (Å²) in [5.74, 6) is 0.853. The van der Waals surface area contributed by atoms with Crippen LogP contribution in [0.2, 0.25) is 0 Å². The molecular weight excluding hydrogens is 314 g/mol. The Morgan fingerprint density at radius 2 is 2.20 bits per heavy atom. The Morgan fingerprint density at radius 1 is 1.40 bits per heavy atom. The number of rotatable bonds is 2. The molecule has 0 aromatic carbocycles. The van der Waals surface area contributed by atoms with Crippen molar-refractivity contribution in [2.75, 3.05) is 25.5 Å². The zero-order valence-corrected chi connectivity index (χ0v) is 14.1. The summed E-state index contributed by atoms with van der Waals surface area (Å²) in [7, 11) is -3.37. The molecule has 1 aromatic heterocycles. The summed E-state index contributed by atoms with van der Waals surface area (Å²) in [5.41, 5.74) is 0. The largest absolute Gasteiger partial charge is 0.380 e. The third-order valence-electron chi connectivity index (χ3n) is 3.86. The van der Waals surface area contributed by atoms with Crippen LogP contribution in [0.25, 0.3) is 0 Å². The molecule has 0 bridgehead atoms. The lowest BCUT2D eigenvalue weighted by atomic mass is 10.1. The van der Waals surface area contributed by atoms with E-state index in [9.17, 15) is 8.42 Å². The monoisotopic (exact) mass is 333 g/mol. The van der Waals surface area contributed by atoms with Crippen LogP contribution >= 0.6 is 23.1 Å². The van der Waals surface area contributed by atoms with Crippen LogP contribution in [0.15, 0.2) is 11.0 Å². The second-order valence-electron chi connectivity index (χ2n) is 5.23. The Bertz CT molecular complexity index is 594. The summed E-state index contributed by atoms with van der Waals surface area (Å²) in [5, 5.41) is 0.285. The molecule has 0 amide bonds. The summed E-state index contributed by atoms with van der Waals surface area (Å²) in [6.45, 7) is 5.80. The van der Waals surface area contributed by atoms with Crippen LogP contribution < -0.4 is 0 Å². The summed E-state index contributed by atoms with van der Waals surface area (Å²) in [6.07, 6.45) is 0.805. The molecule has 20 heavy (non-hydrogen) atoms. The number of hydrogen-bond donors (Lipinski definition) is 0. The molecule has 2 aliphatic rings. The molecule has 1 aromatic rings. The highest BCUT2D eigenvalue weighted by molar-refractivity contribution is 8.00. The molecule has 7 heteroatoms. The van der Waals surface area contributed by atoms with Gasteiger partial charge in [0.25, 0.3) is 0 Å². The lowest BCUT2D eigenvalue weighted by molar-refractivity contribution is 0.0625. The maximum Gasteiger partial charge on any atom is 0.244 e. The fourth-order valence-corrected chi connectivity index (χ4v) is 7.65. The van der Waals surface area contributed by atoms with Gasteiger partial charge in [-0.2, -0.15) is 16.1 Å². The third-order valence-corrected chi connectivity index (χ3v) is 8.31. The highest BCUT2D eigenvalue weighted by Crippen LogP contribution is 2.36. The Kier molecular flexibility index (Phi) is 4.16. The van der Waals surface area contributed by atoms with E-state index in [1.807, 2.05) is 31.7 Å². The van der Waals surface area contributed by atoms with Crippen LogP contribution in [0.3, 0.4) is 0 Å². The lowest BCUT2D eigenvalue weighted by Crippen LogP contribution is -2.54. The van der Waals surface area contributed by atoms with Gasteiger partial charge in [0.05, 0.1) is 11.5 Å². The minimum atomic E-state index is -3.37. The van der Waals surface area contributed by atoms with E-state index in [1.54, 1.807) is 15.6 Å². The minimum Gasteiger partial charge on any atom is -0.380 e. The van der Waals surface area contributed by atoms with Crippen LogP contribution in [0.1, 0.15) is 16.2 Å². The number of thiophene rings is 1. The molecule has 2 fully saturated rings. The van der Waals surface area contributed by atoms with Gasteiger partial charge in [0.1, 0.15) is 0 Å². The predicted octanol–water partition coefficient (Wildman–Crippen LogP) is 2.26. The summed E-state index contributed by atoms with van der Waals surface area (Å²) >= 11 is 3.40. The van der Waals surface area contributed by atoms with Crippen LogP contribution in [0.5, 0.6) is 0 Å². The molecule has 0 radical (unpaired) electrons. The number of thioether (sulfide) groups is 1. The molecule has 0 N–H and O–H groups in total. The molecule has 4 nitrogen and oxygen atoms in total. The second-order valence-corrected chi connectivity index (χ2v) is 9.90. The van der Waals surface area contributed by atoms with E-state index in [1.165, 1.54) is 0 Å². The number of ether oxygens (including phenoxy) is 1. The molecule has 0 unspecified atom stereocenters. The van der Waals surface area contributed by atoms with Gasteiger partial charge in [0, 0.05) is 40.0 Å². The maximum atomic E-state index is 13.0. The molecule has 0 spiro atoms. The number of aryl methyl sites for hydroxylation is 2. The first-order chi connectivity index (χ1) is 9.50. The van der Waals surface area contributed by atoms with Crippen molar-refractivity contribution in [3.63, 3.8) is 0 Å². The fraction of sp³-hybridized carbons (Fsp3) is 0.692. The number of sulfonamides is 1. The Balaban J connectivity index is 1.95. The number of fused-ring (bicyclic) bond motifs is 1. The molecular formula is C13H19NO3S3. The van der Waals surface area contributed by atoms with Crippen molar-refractivity contribution in [1.29, 1.82) is 0 Å². The van der Waals surface area contributed by atoms with Crippen molar-refractivity contribution in [2.24, 2.45) is 0 Å². The SMILES string of the molecule is Cc1cc(S(=O)(=O)N2CCS[C@@H]3COCC[C@H]32)c(C)s1. The third kappa shape index (κ3) is 2.54. The summed E-state index contributed by atoms with van der Waals surface area (Å²) in [6, 6.07) is 1.90. The first-order valence-corrected chi connectivity index (χ1v) is 10.1. The van der Waals surface area contributed by atoms with Crippen molar-refractivity contribution in [3.8, 4) is 0 Å². The van der Waals surface area contributed by atoms with Crippen LogP contribution in [0, 0.1) is 13.8 Å². The van der Waals surface area contributed by atoms with E-state index in [4.69, 9.17) is 4.74 Å². The van der Waals surface area contributed by atoms with Gasteiger partial charge in [0.15, 0.2) is 0 Å². The van der Waals surface area contributed by atoms with Crippen molar-refractivity contribution in [2.45, 2.75) is 36.5 Å². The molecule has 2 atom stereocenters. The van der Waals surface area contributed by atoms with E-state index in [0.717, 1.165) is 21.9 Å². The summed E-state index contributed by atoms with van der Waals surface area (Å²) in [4.78, 5) is 2.44. The van der Waals surface area contributed by atoms with Gasteiger partial charge >= 0.3 is 0 Å². The second kappa shape index (κ2) is 5.61. The molecule has 3 heterocycles. The van der Waals surface area contributed by atoms with E-state index >= 15 is 0 Å². The zero-order valence-electron chi connectivity index (χ0n) is 11.7. The van der Waals surface area contributed by atoms with Gasteiger partial charge in [-0.15, -0.1) is 11.3 Å². The highest BCUT2D eigenvalue weighted by atomic mass is 32.2. The van der Waals surface area contributed by atoms with E-state index < -0.39 is 10.0 Å². The normalized spacial score (nSPS) is 28.3. The van der Waals surface area contributed by atoms with Crippen molar-refractivity contribution >= 4 is 33.1 Å². The van der Waals surface area contributed by atoms with Crippen molar-refractivity contribution in [3.05, 3.63) is 15.8 Å². The molecule has 2 aliphatic heterocycles. The average Bonchev–Trinajstić information content (AvgIpc) is 2.78. The first kappa shape index (κ1) is 14.8. The first-order valence-electron chi connectivity index (χ1n) is 6.78. The molecule has 112 valence electrons. The topological polar surface area (TPSA) is 46.6 Å². The van der Waals surface area contributed by atoms with Gasteiger partial charge in [-0.05, 0) is 26.3 Å². The van der Waals surface area contributed by atoms with Crippen molar-refractivity contribution in [1.82, 2.24) is 4.31 Å². The molecule has 0 saturated carbocycles. The highest BCUT2D eigenvalue weighted by Gasteiger charge is 2.41. The minimum absolute atomic E-state index is 0.0899. The molecule has 3 rings (SSSR count). The fourth-order valence-electron chi connectivity index (χ4n) is 2.94. The lowest BCUT2D eigenvalue weighted by Gasteiger charge is -2.42. The van der Waals surface area contributed by atoms with Crippen LogP contribution in [-0.2, 0) is 14.8 Å². The van der Waals surface area contributed by atoms with Crippen molar-refractivity contribution < 1.29 is 13.2 Å². The quantitative estimate of drug-likeness (QED) is 0.833. The standard InChI is InChI=1S/C13H19NO3S3/c1-9-7-13(10(2)19-9)20(15,16)14-4-6-18-12-8-17-5-3-11(12)14/h7,11-12H,3-6,8H2,1-2H3/t11-,12-/m1/s1. The Labute approximate surface area is 128 Å². The van der Waals surface area contributed by atoms with E-state index in [0.29, 0.717) is 24.7 Å². The number of hydrogen-bond acceptors (Lipinski definition) is 5. The van der Waals surface area contributed by atoms with Gasteiger partial charge < -0.3 is 4.74 Å². The Hall–Kier alpha value is -0.0800. The van der Waals surface area contributed by atoms with E-state index in [2.05, 4.69) is 0 Å². The van der Waals surface area contributed by atoms with Crippen LogP contribution in [0.4, 0.5) is 0 Å². The predicted molar refractivity (Wildman–Crippen MR) is 83.2 cm³/mol. The maximum absolute atomic E-state index is 13.0. The van der Waals surface area contributed by atoms with Gasteiger partial charge in [-0.3, -0.25) is 0 Å². The van der Waals surface area contributed by atoms with Crippen LogP contribution in [-0.4, -0.2) is 49.5 Å². The summed E-state index contributed by atoms with van der Waals surface area (Å²) < 4.78 is 33.1. The number of nitrogens with zero attached hydrogens (tertiary/aromatic N) is 1. The van der Waals surface area contributed by atoms with Gasteiger partial charge in [-0.25, -0.2) is 8.42 Å². The van der Waals surface area contributed by atoms with Gasteiger partial charge in [0.2, 0.25) is 10.0 Å². The van der Waals surface area contributed by atoms with E-state index in [-0.39, 0.29) is 11.3 Å². The zero-order chi connectivity index (χ0) is 14.3. The smallest absolute Gasteiger partial charge is 0.244 e. The van der Waals surface area contributed by atoms with Gasteiger partial charge in [-0.1, -0.05) is 0 Å². The average molecular weight is 334 g/mol. The molecule has 2 saturated heterocycles.